The van der Waals surface area contributed by atoms with E-state index < -0.39 is 12.0 Å². The van der Waals surface area contributed by atoms with E-state index >= 15 is 0 Å². The number of carbonyl (C=O) groups is 1. The number of carboxylic acid groups (broad SMARTS) is 1. The third kappa shape index (κ3) is 2.12. The Balaban J connectivity index is 1.72. The Labute approximate surface area is 149 Å². The van der Waals surface area contributed by atoms with Gasteiger partial charge in [0.1, 0.15) is 6.04 Å². The number of rotatable bonds is 2. The van der Waals surface area contributed by atoms with Crippen molar-refractivity contribution < 1.29 is 19.4 Å². The number of nitrogens with zero attached hydrogens (tertiary/aromatic N) is 1. The summed E-state index contributed by atoms with van der Waals surface area (Å²) in [5.41, 5.74) is 4.27. The van der Waals surface area contributed by atoms with E-state index in [9.17, 15) is 9.90 Å². The molecule has 0 bridgehead atoms. The van der Waals surface area contributed by atoms with Gasteiger partial charge in [0.25, 0.3) is 0 Å². The Morgan fingerprint density at radius 1 is 1.19 bits per heavy atom. The first kappa shape index (κ1) is 15.3. The van der Waals surface area contributed by atoms with Gasteiger partial charge < -0.3 is 19.1 Å². The molecule has 0 saturated carbocycles. The minimum absolute atomic E-state index is 0.216. The maximum atomic E-state index is 11.8. The number of aryl methyl sites for hydroxylation is 1. The highest BCUT2D eigenvalue weighted by atomic mass is 16.7. The van der Waals surface area contributed by atoms with Crippen molar-refractivity contribution >= 4 is 16.9 Å². The molecule has 3 aromatic rings. The third-order valence-electron chi connectivity index (χ3n) is 5.34. The molecular formula is C20H18N2O4. The molecule has 0 saturated heterocycles. The zero-order valence-electron chi connectivity index (χ0n) is 14.2. The molecule has 26 heavy (non-hydrogen) atoms. The van der Waals surface area contributed by atoms with E-state index in [2.05, 4.69) is 22.0 Å². The van der Waals surface area contributed by atoms with Crippen molar-refractivity contribution in [3.05, 3.63) is 59.3 Å². The topological polar surface area (TPSA) is 72.7 Å². The Morgan fingerprint density at radius 2 is 2.00 bits per heavy atom. The number of aliphatic carboxylic acids is 1. The first-order chi connectivity index (χ1) is 12.6. The molecule has 6 heteroatoms. The van der Waals surface area contributed by atoms with Gasteiger partial charge in [-0.05, 0) is 29.3 Å². The predicted octanol–water partition coefficient (Wildman–Crippen LogP) is 2.60. The van der Waals surface area contributed by atoms with Crippen molar-refractivity contribution in [1.82, 2.24) is 9.88 Å². The number of hydrogen-bond donors (Lipinski definition) is 2. The number of para-hydroxylation sites is 1. The lowest BCUT2D eigenvalue weighted by Gasteiger charge is -2.31. The highest BCUT2D eigenvalue weighted by molar-refractivity contribution is 5.88. The molecule has 2 aliphatic rings. The van der Waals surface area contributed by atoms with Crippen LogP contribution in [-0.2, 0) is 18.3 Å². The van der Waals surface area contributed by atoms with Crippen LogP contribution in [0.5, 0.6) is 11.5 Å². The van der Waals surface area contributed by atoms with Gasteiger partial charge in [-0.2, -0.15) is 0 Å². The van der Waals surface area contributed by atoms with Gasteiger partial charge in [-0.25, -0.2) is 0 Å². The molecule has 2 atom stereocenters. The van der Waals surface area contributed by atoms with Crippen LogP contribution in [0.3, 0.4) is 0 Å². The van der Waals surface area contributed by atoms with Crippen molar-refractivity contribution in [3.8, 4) is 11.5 Å². The van der Waals surface area contributed by atoms with E-state index in [1.54, 1.807) is 0 Å². The van der Waals surface area contributed by atoms with Crippen molar-refractivity contribution in [2.75, 3.05) is 6.79 Å². The highest BCUT2D eigenvalue weighted by Gasteiger charge is 2.35. The zero-order chi connectivity index (χ0) is 17.8. The van der Waals surface area contributed by atoms with Gasteiger partial charge in [0.15, 0.2) is 11.5 Å². The van der Waals surface area contributed by atoms with Crippen LogP contribution < -0.4 is 14.8 Å². The number of aromatic nitrogens is 1. The zero-order valence-corrected chi connectivity index (χ0v) is 14.2. The summed E-state index contributed by atoms with van der Waals surface area (Å²) >= 11 is 0. The lowest BCUT2D eigenvalue weighted by atomic mass is 9.90. The van der Waals surface area contributed by atoms with Gasteiger partial charge in [0.2, 0.25) is 6.79 Å². The lowest BCUT2D eigenvalue weighted by molar-refractivity contribution is -0.139. The molecule has 0 unspecified atom stereocenters. The van der Waals surface area contributed by atoms with Crippen LogP contribution in [0, 0.1) is 0 Å². The van der Waals surface area contributed by atoms with E-state index in [1.807, 2.05) is 37.4 Å². The molecule has 1 aromatic heterocycles. The summed E-state index contributed by atoms with van der Waals surface area (Å²) in [4.78, 5) is 11.8. The second-order valence-corrected chi connectivity index (χ2v) is 6.75. The molecule has 2 aliphatic heterocycles. The van der Waals surface area contributed by atoms with Gasteiger partial charge >= 0.3 is 5.97 Å². The molecule has 6 nitrogen and oxygen atoms in total. The average Bonchev–Trinajstić information content (AvgIpc) is 3.24. The number of benzene rings is 2. The SMILES string of the molecule is Cn1c2c(c3ccccc31)C[C@@H](C(=O)O)N[C@@H]2c1ccc2c(c1)OCO2. The molecule has 3 heterocycles. The number of fused-ring (bicyclic) bond motifs is 4. The quantitative estimate of drug-likeness (QED) is 0.743. The Morgan fingerprint density at radius 3 is 2.85 bits per heavy atom. The number of nitrogens with one attached hydrogen (secondary N) is 1. The smallest absolute Gasteiger partial charge is 0.321 e. The molecule has 0 aliphatic carbocycles. The van der Waals surface area contributed by atoms with E-state index in [0.29, 0.717) is 12.2 Å². The van der Waals surface area contributed by atoms with Crippen molar-refractivity contribution in [2.24, 2.45) is 7.05 Å². The monoisotopic (exact) mass is 350 g/mol. The molecular weight excluding hydrogens is 332 g/mol. The van der Waals surface area contributed by atoms with Crippen LogP contribution in [0.25, 0.3) is 10.9 Å². The summed E-state index contributed by atoms with van der Waals surface area (Å²) in [6, 6.07) is 13.1. The standard InChI is InChI=1S/C20H18N2O4/c1-22-15-5-3-2-4-12(15)13-9-14(20(23)24)21-18(19(13)22)11-6-7-16-17(8-11)26-10-25-16/h2-8,14,18,21H,9-10H2,1H3,(H,23,24)/t14-,18+/m0/s1. The van der Waals surface area contributed by atoms with Crippen LogP contribution in [-0.4, -0.2) is 28.5 Å². The molecule has 0 radical (unpaired) electrons. The van der Waals surface area contributed by atoms with Crippen LogP contribution in [0.15, 0.2) is 42.5 Å². The minimum atomic E-state index is -0.839. The average molecular weight is 350 g/mol. The molecule has 5 rings (SSSR count). The van der Waals surface area contributed by atoms with E-state index in [-0.39, 0.29) is 12.8 Å². The van der Waals surface area contributed by atoms with Crippen LogP contribution in [0.2, 0.25) is 0 Å². The summed E-state index contributed by atoms with van der Waals surface area (Å²) in [7, 11) is 2.03. The van der Waals surface area contributed by atoms with E-state index in [1.165, 1.54) is 0 Å². The third-order valence-corrected chi connectivity index (χ3v) is 5.34. The Hall–Kier alpha value is -2.99. The van der Waals surface area contributed by atoms with Gasteiger partial charge in [-0.15, -0.1) is 0 Å². The van der Waals surface area contributed by atoms with Gasteiger partial charge in [-0.3, -0.25) is 10.1 Å². The molecule has 0 fully saturated rings. The van der Waals surface area contributed by atoms with Gasteiger partial charge in [0, 0.05) is 30.1 Å². The molecule has 132 valence electrons. The largest absolute Gasteiger partial charge is 0.480 e. The Kier molecular flexibility index (Phi) is 3.24. The Bertz CT molecular complexity index is 1040. The minimum Gasteiger partial charge on any atom is -0.480 e. The maximum absolute atomic E-state index is 11.8. The fraction of sp³-hybridized carbons (Fsp3) is 0.250. The fourth-order valence-corrected chi connectivity index (χ4v) is 4.12. The summed E-state index contributed by atoms with van der Waals surface area (Å²) in [5.74, 6) is 0.577. The second kappa shape index (κ2) is 5.51. The molecule has 2 N–H and O–H groups in total. The van der Waals surface area contributed by atoms with E-state index in [0.717, 1.165) is 33.5 Å². The summed E-state index contributed by atoms with van der Waals surface area (Å²) in [6.07, 6.45) is 0.465. The lowest BCUT2D eigenvalue weighted by Crippen LogP contribution is -2.45. The summed E-state index contributed by atoms with van der Waals surface area (Å²) in [6.45, 7) is 0.216. The normalized spacial score (nSPS) is 21.0. The first-order valence-electron chi connectivity index (χ1n) is 8.58. The number of hydrogen-bond acceptors (Lipinski definition) is 4. The predicted molar refractivity (Wildman–Crippen MR) is 95.6 cm³/mol. The van der Waals surface area contributed by atoms with E-state index in [4.69, 9.17) is 9.47 Å². The highest BCUT2D eigenvalue weighted by Crippen LogP contribution is 2.40. The number of carboxylic acids is 1. The molecule has 0 spiro atoms. The maximum Gasteiger partial charge on any atom is 0.321 e. The summed E-state index contributed by atoms with van der Waals surface area (Å²) in [5, 5.41) is 14.1. The van der Waals surface area contributed by atoms with Crippen molar-refractivity contribution in [1.29, 1.82) is 0 Å². The fourth-order valence-electron chi connectivity index (χ4n) is 4.12. The van der Waals surface area contributed by atoms with Crippen molar-refractivity contribution in [2.45, 2.75) is 18.5 Å². The summed E-state index contributed by atoms with van der Waals surface area (Å²) < 4.78 is 13.1. The van der Waals surface area contributed by atoms with Crippen LogP contribution >= 0.6 is 0 Å². The second-order valence-electron chi connectivity index (χ2n) is 6.75. The van der Waals surface area contributed by atoms with Crippen LogP contribution in [0.4, 0.5) is 0 Å². The van der Waals surface area contributed by atoms with Crippen molar-refractivity contribution in [3.63, 3.8) is 0 Å². The van der Waals surface area contributed by atoms with Gasteiger partial charge in [-0.1, -0.05) is 24.3 Å². The number of ether oxygens (including phenoxy) is 2. The first-order valence-corrected chi connectivity index (χ1v) is 8.58. The molecule has 0 amide bonds. The van der Waals surface area contributed by atoms with Gasteiger partial charge in [0.05, 0.1) is 6.04 Å². The van der Waals surface area contributed by atoms with Crippen LogP contribution in [0.1, 0.15) is 22.9 Å². The molecule has 2 aromatic carbocycles.